The lowest BCUT2D eigenvalue weighted by molar-refractivity contribution is 0.0554. The van der Waals surface area contributed by atoms with Gasteiger partial charge in [0.05, 0.1) is 16.6 Å². The second-order valence-electron chi connectivity index (χ2n) is 11.9. The molecule has 1 amide bonds. The van der Waals surface area contributed by atoms with E-state index in [0.29, 0.717) is 29.6 Å². The highest BCUT2D eigenvalue weighted by Gasteiger charge is 2.30. The molecule has 2 aromatic carbocycles. The number of piperidine rings is 1. The van der Waals surface area contributed by atoms with Crippen molar-refractivity contribution in [2.24, 2.45) is 11.8 Å². The molecule has 4 bridgehead atoms. The van der Waals surface area contributed by atoms with Crippen molar-refractivity contribution in [3.8, 4) is 17.1 Å². The van der Waals surface area contributed by atoms with Gasteiger partial charge in [-0.3, -0.25) is 4.79 Å². The van der Waals surface area contributed by atoms with Crippen LogP contribution in [0.15, 0.2) is 53.4 Å². The molecule has 0 spiro atoms. The minimum Gasteiger partial charge on any atom is -0.475 e. The van der Waals surface area contributed by atoms with E-state index in [9.17, 15) is 13.2 Å². The highest BCUT2D eigenvalue weighted by Crippen LogP contribution is 2.30. The molecule has 2 aliphatic rings. The molecular weight excluding hydrogens is 586 g/mol. The Labute approximate surface area is 261 Å². The van der Waals surface area contributed by atoms with Gasteiger partial charge >= 0.3 is 0 Å². The Morgan fingerprint density at radius 2 is 1.72 bits per heavy atom. The van der Waals surface area contributed by atoms with Crippen molar-refractivity contribution in [1.29, 1.82) is 0 Å². The molecule has 43 heavy (non-hydrogen) atoms. The van der Waals surface area contributed by atoms with Gasteiger partial charge in [-0.1, -0.05) is 38.1 Å². The topological polar surface area (TPSA) is 114 Å². The number of hydrogen-bond acceptors (Lipinski definition) is 7. The fourth-order valence-electron chi connectivity index (χ4n) is 5.99. The maximum atomic E-state index is 14.1. The number of anilines is 1. The molecule has 11 heteroatoms. The number of hydrogen-bond donors (Lipinski definition) is 2. The second-order valence-corrected chi connectivity index (χ2v) is 13.6. The van der Waals surface area contributed by atoms with Gasteiger partial charge < -0.3 is 15.0 Å². The first-order valence-corrected chi connectivity index (χ1v) is 16.3. The zero-order valence-electron chi connectivity index (χ0n) is 25.3. The average molecular weight is 628 g/mol. The van der Waals surface area contributed by atoms with Crippen LogP contribution in [0.2, 0.25) is 0 Å². The third-order valence-electron chi connectivity index (χ3n) is 8.16. The van der Waals surface area contributed by atoms with Gasteiger partial charge in [0.1, 0.15) is 6.61 Å². The molecule has 232 valence electrons. The highest BCUT2D eigenvalue weighted by molar-refractivity contribution is 7.92. The van der Waals surface area contributed by atoms with Gasteiger partial charge in [0.15, 0.2) is 0 Å². The van der Waals surface area contributed by atoms with Crippen LogP contribution < -0.4 is 14.8 Å². The van der Waals surface area contributed by atoms with Crippen LogP contribution in [-0.4, -0.2) is 61.5 Å². The number of carbonyl (C=O) groups excluding carboxylic acids is 1. The summed E-state index contributed by atoms with van der Waals surface area (Å²) in [6.45, 7) is 11.0. The van der Waals surface area contributed by atoms with E-state index in [1.54, 1.807) is 18.2 Å². The Morgan fingerprint density at radius 1 is 1.02 bits per heavy atom. The largest absolute Gasteiger partial charge is 0.475 e. The number of rotatable bonds is 6. The molecule has 0 saturated carbocycles. The van der Waals surface area contributed by atoms with Gasteiger partial charge in [-0.05, 0) is 93.8 Å². The van der Waals surface area contributed by atoms with E-state index >= 15 is 0 Å². The number of halogens is 1. The maximum Gasteiger partial charge on any atom is 0.264 e. The zero-order valence-corrected chi connectivity index (χ0v) is 26.9. The number of carbonyl (C=O) groups is 1. The standard InChI is InChI=1S/C32H41N5O4S.ClH/c1-21(2)17-26-20-41-29-19-28(30-22(3)7-5-8-23(30)4)34-32(35-29)36-42(39,40)27-10-6-9-25(18-27)31(38)37(26)16-13-24-11-14-33-15-12-24;/h5-10,18-19,21,24,26,33H,11-17,20H2,1-4H3,(H,34,35,36);1H/t26-;/m1./s1. The number of ether oxygens (including phenoxy) is 1. The fourth-order valence-corrected chi connectivity index (χ4v) is 6.97. The predicted molar refractivity (Wildman–Crippen MR) is 171 cm³/mol. The van der Waals surface area contributed by atoms with Crippen molar-refractivity contribution in [3.63, 3.8) is 0 Å². The summed E-state index contributed by atoms with van der Waals surface area (Å²) in [6, 6.07) is 13.7. The fraction of sp³-hybridized carbons (Fsp3) is 0.469. The summed E-state index contributed by atoms with van der Waals surface area (Å²) in [7, 11) is -4.09. The number of nitrogens with one attached hydrogen (secondary N) is 2. The Hall–Kier alpha value is -3.21. The number of sulfonamides is 1. The van der Waals surface area contributed by atoms with Gasteiger partial charge in [-0.15, -0.1) is 12.4 Å². The molecule has 0 radical (unpaired) electrons. The molecule has 1 saturated heterocycles. The van der Waals surface area contributed by atoms with Crippen LogP contribution in [-0.2, 0) is 10.0 Å². The Bertz CT molecular complexity index is 1520. The van der Waals surface area contributed by atoms with E-state index in [-0.39, 0.29) is 47.7 Å². The molecule has 3 aromatic rings. The van der Waals surface area contributed by atoms with Crippen molar-refractivity contribution >= 4 is 34.3 Å². The van der Waals surface area contributed by atoms with Gasteiger partial charge in [0, 0.05) is 23.7 Å². The van der Waals surface area contributed by atoms with Crippen molar-refractivity contribution < 1.29 is 17.9 Å². The van der Waals surface area contributed by atoms with E-state index < -0.39 is 10.0 Å². The van der Waals surface area contributed by atoms with E-state index in [0.717, 1.165) is 55.5 Å². The van der Waals surface area contributed by atoms with Crippen LogP contribution >= 0.6 is 12.4 Å². The molecule has 2 aliphatic heterocycles. The number of amides is 1. The Kier molecular flexibility index (Phi) is 10.7. The molecule has 1 aromatic heterocycles. The molecule has 5 rings (SSSR count). The SMILES string of the molecule is Cc1cccc(C)c1-c1cc2nc(n1)NS(=O)(=O)c1cccc(c1)C(=O)N(CCC1CCNCC1)[C@H](CC(C)C)CO2.Cl. The molecule has 1 atom stereocenters. The monoisotopic (exact) mass is 627 g/mol. The number of aromatic nitrogens is 2. The predicted octanol–water partition coefficient (Wildman–Crippen LogP) is 5.62. The van der Waals surface area contributed by atoms with Crippen LogP contribution in [0.5, 0.6) is 5.88 Å². The first-order chi connectivity index (χ1) is 20.1. The average Bonchev–Trinajstić information content (AvgIpc) is 2.95. The van der Waals surface area contributed by atoms with Crippen molar-refractivity contribution in [2.45, 2.75) is 64.3 Å². The number of nitrogens with zero attached hydrogens (tertiary/aromatic N) is 3. The van der Waals surface area contributed by atoms with Crippen LogP contribution in [0.3, 0.4) is 0 Å². The van der Waals surface area contributed by atoms with Crippen LogP contribution in [0, 0.1) is 25.7 Å². The summed E-state index contributed by atoms with van der Waals surface area (Å²) in [5.41, 5.74) is 3.81. The maximum absolute atomic E-state index is 14.1. The van der Waals surface area contributed by atoms with Crippen LogP contribution in [0.4, 0.5) is 5.95 Å². The number of fused-ring (bicyclic) bond motifs is 4. The summed E-state index contributed by atoms with van der Waals surface area (Å²) in [4.78, 5) is 25.0. The quantitative estimate of drug-likeness (QED) is 0.365. The molecular formula is C32H42ClN5O4S. The normalized spacial score (nSPS) is 18.9. The molecule has 0 unspecified atom stereocenters. The third-order valence-corrected chi connectivity index (χ3v) is 9.49. The summed E-state index contributed by atoms with van der Waals surface area (Å²) < 4.78 is 35.9. The van der Waals surface area contributed by atoms with Crippen LogP contribution in [0.25, 0.3) is 11.3 Å². The van der Waals surface area contributed by atoms with Crippen molar-refractivity contribution in [3.05, 3.63) is 65.2 Å². The highest BCUT2D eigenvalue weighted by atomic mass is 35.5. The van der Waals surface area contributed by atoms with Gasteiger partial charge in [-0.2, -0.15) is 4.98 Å². The third kappa shape index (κ3) is 7.85. The van der Waals surface area contributed by atoms with Crippen molar-refractivity contribution in [2.75, 3.05) is 31.0 Å². The van der Waals surface area contributed by atoms with Crippen LogP contribution in [0.1, 0.15) is 61.0 Å². The zero-order chi connectivity index (χ0) is 29.9. The van der Waals surface area contributed by atoms with Crippen molar-refractivity contribution in [1.82, 2.24) is 20.2 Å². The van der Waals surface area contributed by atoms with Gasteiger partial charge in [0.25, 0.3) is 15.9 Å². The van der Waals surface area contributed by atoms with E-state index in [4.69, 9.17) is 4.74 Å². The molecule has 1 fully saturated rings. The lowest BCUT2D eigenvalue weighted by Gasteiger charge is -2.34. The number of aryl methyl sites for hydroxylation is 2. The summed E-state index contributed by atoms with van der Waals surface area (Å²) in [5.74, 6) is 0.825. The lowest BCUT2D eigenvalue weighted by Crippen LogP contribution is -2.46. The lowest BCUT2D eigenvalue weighted by atomic mass is 9.93. The molecule has 2 N–H and O–H groups in total. The molecule has 0 aliphatic carbocycles. The number of benzene rings is 2. The molecule has 9 nitrogen and oxygen atoms in total. The Morgan fingerprint density at radius 3 is 2.42 bits per heavy atom. The summed E-state index contributed by atoms with van der Waals surface area (Å²) >= 11 is 0. The first kappa shape index (κ1) is 32.7. The summed E-state index contributed by atoms with van der Waals surface area (Å²) in [5, 5.41) is 3.41. The molecule has 3 heterocycles. The first-order valence-electron chi connectivity index (χ1n) is 14.8. The smallest absolute Gasteiger partial charge is 0.264 e. The minimum atomic E-state index is -4.09. The summed E-state index contributed by atoms with van der Waals surface area (Å²) in [6.07, 6.45) is 3.78. The van der Waals surface area contributed by atoms with Gasteiger partial charge in [0.2, 0.25) is 11.8 Å². The second kappa shape index (κ2) is 14.1. The van der Waals surface area contributed by atoms with E-state index in [1.165, 1.54) is 12.1 Å². The Balaban J connectivity index is 0.00000423. The van der Waals surface area contributed by atoms with Gasteiger partial charge in [-0.25, -0.2) is 18.1 Å². The minimum absolute atomic E-state index is 0. The van der Waals surface area contributed by atoms with E-state index in [1.807, 2.05) is 36.9 Å². The van der Waals surface area contributed by atoms with E-state index in [2.05, 4.69) is 33.9 Å².